The highest BCUT2D eigenvalue weighted by Crippen LogP contribution is 2.20. The number of allylic oxidation sites excluding steroid dienone is 1. The van der Waals surface area contributed by atoms with Gasteiger partial charge in [-0.25, -0.2) is 14.5 Å². The molecule has 0 saturated heterocycles. The van der Waals surface area contributed by atoms with Gasteiger partial charge >= 0.3 is 5.97 Å². The van der Waals surface area contributed by atoms with Crippen LogP contribution in [-0.4, -0.2) is 27.3 Å². The Morgan fingerprint density at radius 2 is 2.19 bits per heavy atom. The molecule has 0 N–H and O–H groups in total. The number of nitrogens with zero attached hydrogens (tertiary/aromatic N) is 3. The summed E-state index contributed by atoms with van der Waals surface area (Å²) in [4.78, 5) is 16.5. The number of aryl methyl sites for hydroxylation is 1. The van der Waals surface area contributed by atoms with Gasteiger partial charge in [-0.1, -0.05) is 35.9 Å². The molecule has 2 aromatic heterocycles. The molecule has 26 heavy (non-hydrogen) atoms. The average molecular weight is 367 g/mol. The molecule has 0 aliphatic carbocycles. The lowest BCUT2D eigenvalue weighted by atomic mass is 10.1. The van der Waals surface area contributed by atoms with E-state index < -0.39 is 0 Å². The molecule has 0 atom stereocenters. The van der Waals surface area contributed by atoms with Crippen LogP contribution >= 0.6 is 11.3 Å². The second-order valence-corrected chi connectivity index (χ2v) is 6.76. The fourth-order valence-electron chi connectivity index (χ4n) is 2.62. The molecule has 0 aliphatic heterocycles. The molecule has 2 heterocycles. The lowest BCUT2D eigenvalue weighted by Gasteiger charge is -2.01. The SMILES string of the molecule is CCOC(=O)c1cnn(-c2nc(C=CCc3cccc(C)c3)cs2)c1C. The molecule has 6 heteroatoms. The molecular formula is C20H21N3O2S. The second-order valence-electron chi connectivity index (χ2n) is 5.93. The van der Waals surface area contributed by atoms with Crippen molar-refractivity contribution in [3.05, 3.63) is 70.0 Å². The molecule has 0 spiro atoms. The highest BCUT2D eigenvalue weighted by Gasteiger charge is 2.17. The molecular weight excluding hydrogens is 346 g/mol. The quantitative estimate of drug-likeness (QED) is 0.607. The zero-order valence-corrected chi connectivity index (χ0v) is 15.9. The van der Waals surface area contributed by atoms with Crippen molar-refractivity contribution in [3.8, 4) is 5.13 Å². The molecule has 0 fully saturated rings. The lowest BCUT2D eigenvalue weighted by molar-refractivity contribution is 0.0525. The lowest BCUT2D eigenvalue weighted by Crippen LogP contribution is -2.06. The van der Waals surface area contributed by atoms with Crippen LogP contribution < -0.4 is 0 Å². The van der Waals surface area contributed by atoms with Crippen molar-refractivity contribution >= 4 is 23.4 Å². The van der Waals surface area contributed by atoms with Gasteiger partial charge in [0.15, 0.2) is 0 Å². The van der Waals surface area contributed by atoms with E-state index in [0.717, 1.165) is 22.9 Å². The number of ether oxygens (including phenoxy) is 1. The Balaban J connectivity index is 1.72. The summed E-state index contributed by atoms with van der Waals surface area (Å²) in [5.74, 6) is -0.355. The van der Waals surface area contributed by atoms with Gasteiger partial charge < -0.3 is 4.74 Å². The van der Waals surface area contributed by atoms with Gasteiger partial charge in [-0.2, -0.15) is 5.10 Å². The van der Waals surface area contributed by atoms with Gasteiger partial charge in [-0.05, 0) is 38.8 Å². The summed E-state index contributed by atoms with van der Waals surface area (Å²) in [6.07, 6.45) is 6.51. The smallest absolute Gasteiger partial charge is 0.341 e. The van der Waals surface area contributed by atoms with Crippen molar-refractivity contribution in [2.24, 2.45) is 0 Å². The second kappa shape index (κ2) is 8.10. The number of hydrogen-bond donors (Lipinski definition) is 0. The minimum absolute atomic E-state index is 0.344. The molecule has 3 aromatic rings. The van der Waals surface area contributed by atoms with Crippen molar-refractivity contribution in [2.75, 3.05) is 6.61 Å². The van der Waals surface area contributed by atoms with E-state index in [1.165, 1.54) is 28.7 Å². The largest absolute Gasteiger partial charge is 0.462 e. The summed E-state index contributed by atoms with van der Waals surface area (Å²) >= 11 is 1.49. The first kappa shape index (κ1) is 18.1. The predicted octanol–water partition coefficient (Wildman–Crippen LogP) is 4.38. The average Bonchev–Trinajstić information content (AvgIpc) is 3.21. The third kappa shape index (κ3) is 4.08. The third-order valence-electron chi connectivity index (χ3n) is 3.92. The molecule has 0 saturated carbocycles. The van der Waals surface area contributed by atoms with Gasteiger partial charge in [-0.3, -0.25) is 0 Å². The Bertz CT molecular complexity index is 940. The third-order valence-corrected chi connectivity index (χ3v) is 4.76. The van der Waals surface area contributed by atoms with Gasteiger partial charge in [0, 0.05) is 5.38 Å². The molecule has 5 nitrogen and oxygen atoms in total. The Kier molecular flexibility index (Phi) is 5.63. The van der Waals surface area contributed by atoms with Gasteiger partial charge in [0.1, 0.15) is 5.56 Å². The summed E-state index contributed by atoms with van der Waals surface area (Å²) in [5.41, 5.74) is 4.62. The predicted molar refractivity (Wildman–Crippen MR) is 104 cm³/mol. The molecule has 0 amide bonds. The molecule has 0 unspecified atom stereocenters. The fraction of sp³-hybridized carbons (Fsp3) is 0.250. The number of carbonyl (C=O) groups is 1. The number of esters is 1. The zero-order valence-electron chi connectivity index (χ0n) is 15.1. The first-order valence-electron chi connectivity index (χ1n) is 8.48. The summed E-state index contributed by atoms with van der Waals surface area (Å²) in [6, 6.07) is 8.46. The van der Waals surface area contributed by atoms with Crippen molar-refractivity contribution < 1.29 is 9.53 Å². The van der Waals surface area contributed by atoms with Crippen molar-refractivity contribution in [3.63, 3.8) is 0 Å². The fourth-order valence-corrected chi connectivity index (χ4v) is 3.42. The maximum Gasteiger partial charge on any atom is 0.341 e. The zero-order chi connectivity index (χ0) is 18.5. The van der Waals surface area contributed by atoms with Crippen LogP contribution in [0.1, 0.15) is 39.8 Å². The van der Waals surface area contributed by atoms with Crippen molar-refractivity contribution in [2.45, 2.75) is 27.2 Å². The van der Waals surface area contributed by atoms with Gasteiger partial charge in [0.2, 0.25) is 5.13 Å². The molecule has 134 valence electrons. The first-order valence-corrected chi connectivity index (χ1v) is 9.36. The minimum atomic E-state index is -0.355. The van der Waals surface area contributed by atoms with Crippen LogP contribution in [0, 0.1) is 13.8 Å². The van der Waals surface area contributed by atoms with E-state index in [1.54, 1.807) is 11.6 Å². The summed E-state index contributed by atoms with van der Waals surface area (Å²) in [6.45, 7) is 6.06. The number of carbonyl (C=O) groups excluding carboxylic acids is 1. The Morgan fingerprint density at radius 1 is 1.35 bits per heavy atom. The molecule has 0 radical (unpaired) electrons. The number of benzene rings is 1. The minimum Gasteiger partial charge on any atom is -0.462 e. The Hall–Kier alpha value is -2.73. The highest BCUT2D eigenvalue weighted by atomic mass is 32.1. The van der Waals surface area contributed by atoms with Crippen LogP contribution in [0.5, 0.6) is 0 Å². The molecule has 1 aromatic carbocycles. The standard InChI is InChI=1S/C20H21N3O2S/c1-4-25-19(24)18-12-21-23(15(18)3)20-22-17(13-26-20)10-6-9-16-8-5-7-14(2)11-16/h5-8,10-13H,4,9H2,1-3H3. The summed E-state index contributed by atoms with van der Waals surface area (Å²) < 4.78 is 6.72. The number of thiazole rings is 1. The van der Waals surface area contributed by atoms with Crippen LogP contribution in [0.3, 0.4) is 0 Å². The monoisotopic (exact) mass is 367 g/mol. The van der Waals surface area contributed by atoms with Crippen LogP contribution in [0.25, 0.3) is 11.2 Å². The van der Waals surface area contributed by atoms with Gasteiger partial charge in [-0.15, -0.1) is 11.3 Å². The van der Waals surface area contributed by atoms with Crippen LogP contribution in [-0.2, 0) is 11.2 Å². The normalized spacial score (nSPS) is 11.2. The van der Waals surface area contributed by atoms with E-state index in [9.17, 15) is 4.79 Å². The van der Waals surface area contributed by atoms with Crippen molar-refractivity contribution in [1.29, 1.82) is 0 Å². The number of rotatable bonds is 6. The summed E-state index contributed by atoms with van der Waals surface area (Å²) in [7, 11) is 0. The first-order chi connectivity index (χ1) is 12.6. The molecule has 0 bridgehead atoms. The van der Waals surface area contributed by atoms with Crippen LogP contribution in [0.4, 0.5) is 0 Å². The van der Waals surface area contributed by atoms with Gasteiger partial charge in [0.25, 0.3) is 0 Å². The van der Waals surface area contributed by atoms with E-state index in [-0.39, 0.29) is 5.97 Å². The van der Waals surface area contributed by atoms with E-state index in [0.29, 0.717) is 12.2 Å². The van der Waals surface area contributed by atoms with E-state index >= 15 is 0 Å². The maximum absolute atomic E-state index is 11.9. The van der Waals surface area contributed by atoms with Crippen molar-refractivity contribution in [1.82, 2.24) is 14.8 Å². The van der Waals surface area contributed by atoms with E-state index in [2.05, 4.69) is 47.3 Å². The van der Waals surface area contributed by atoms with Crippen LogP contribution in [0.15, 0.2) is 41.9 Å². The summed E-state index contributed by atoms with van der Waals surface area (Å²) in [5, 5.41) is 6.99. The van der Waals surface area contributed by atoms with Gasteiger partial charge in [0.05, 0.1) is 24.2 Å². The molecule has 0 aliphatic rings. The topological polar surface area (TPSA) is 57.0 Å². The highest BCUT2D eigenvalue weighted by molar-refractivity contribution is 7.12. The van der Waals surface area contributed by atoms with E-state index in [1.807, 2.05) is 18.4 Å². The Labute approximate surface area is 157 Å². The number of hydrogen-bond acceptors (Lipinski definition) is 5. The number of aromatic nitrogens is 3. The Morgan fingerprint density at radius 3 is 2.96 bits per heavy atom. The molecule has 3 rings (SSSR count). The van der Waals surface area contributed by atoms with E-state index in [4.69, 9.17) is 4.74 Å². The maximum atomic E-state index is 11.9. The van der Waals surface area contributed by atoms with Crippen LogP contribution in [0.2, 0.25) is 0 Å².